The second-order valence-electron chi connectivity index (χ2n) is 9.73. The summed E-state index contributed by atoms with van der Waals surface area (Å²) in [4.78, 5) is 16.6. The SMILES string of the molecule is O=C(Nc1cc(Cl)c(Cl)cc1N1CCN(CCC(F)(F)F)CC1)c1ccc(CNC2CCS(=O)(=O)C2)cc1F. The molecule has 2 aromatic rings. The van der Waals surface area contributed by atoms with Crippen molar-refractivity contribution in [2.24, 2.45) is 0 Å². The molecule has 0 spiro atoms. The molecular formula is C25H28Cl2F4N4O3S. The van der Waals surface area contributed by atoms with E-state index in [0.29, 0.717) is 49.5 Å². The molecule has 1 amide bonds. The van der Waals surface area contributed by atoms with Crippen molar-refractivity contribution in [3.63, 3.8) is 0 Å². The van der Waals surface area contributed by atoms with Gasteiger partial charge >= 0.3 is 6.18 Å². The van der Waals surface area contributed by atoms with Crippen molar-refractivity contribution in [1.82, 2.24) is 10.2 Å². The third kappa shape index (κ3) is 8.20. The summed E-state index contributed by atoms with van der Waals surface area (Å²) in [5, 5.41) is 6.21. The van der Waals surface area contributed by atoms with Crippen molar-refractivity contribution in [3.05, 3.63) is 57.3 Å². The van der Waals surface area contributed by atoms with Gasteiger partial charge < -0.3 is 15.5 Å². The Bertz CT molecular complexity index is 1320. The predicted octanol–water partition coefficient (Wildman–Crippen LogP) is 4.74. The zero-order chi connectivity index (χ0) is 28.4. The van der Waals surface area contributed by atoms with E-state index >= 15 is 0 Å². The number of amides is 1. The quantitative estimate of drug-likeness (QED) is 0.420. The Morgan fingerprint density at radius 3 is 2.36 bits per heavy atom. The minimum atomic E-state index is -4.22. The van der Waals surface area contributed by atoms with E-state index in [-0.39, 0.29) is 46.2 Å². The molecule has 0 bridgehead atoms. The summed E-state index contributed by atoms with van der Waals surface area (Å²) in [7, 11) is -3.04. The fourth-order valence-corrected chi connectivity index (χ4v) is 6.69. The Labute approximate surface area is 234 Å². The first kappa shape index (κ1) is 29.9. The van der Waals surface area contributed by atoms with E-state index in [1.807, 2.05) is 4.90 Å². The van der Waals surface area contributed by atoms with Crippen LogP contribution in [0.1, 0.15) is 28.8 Å². The van der Waals surface area contributed by atoms with Crippen LogP contribution in [-0.2, 0) is 16.4 Å². The summed E-state index contributed by atoms with van der Waals surface area (Å²) in [6, 6.07) is 6.99. The van der Waals surface area contributed by atoms with Crippen molar-refractivity contribution in [3.8, 4) is 0 Å². The van der Waals surface area contributed by atoms with Crippen LogP contribution in [-0.4, -0.2) is 75.7 Å². The number of alkyl halides is 3. The first-order valence-corrected chi connectivity index (χ1v) is 14.9. The number of carbonyl (C=O) groups excluding carboxylic acids is 1. The number of carbonyl (C=O) groups is 1. The Hall–Kier alpha value is -2.12. The smallest absolute Gasteiger partial charge is 0.367 e. The maximum Gasteiger partial charge on any atom is 0.390 e. The van der Waals surface area contributed by atoms with Crippen molar-refractivity contribution in [1.29, 1.82) is 0 Å². The lowest BCUT2D eigenvalue weighted by molar-refractivity contribution is -0.138. The van der Waals surface area contributed by atoms with E-state index in [0.717, 1.165) is 0 Å². The lowest BCUT2D eigenvalue weighted by Crippen LogP contribution is -2.47. The van der Waals surface area contributed by atoms with Gasteiger partial charge in [-0.05, 0) is 36.2 Å². The molecule has 2 aliphatic heterocycles. The third-order valence-electron chi connectivity index (χ3n) is 6.82. The molecular weight excluding hydrogens is 583 g/mol. The van der Waals surface area contributed by atoms with Crippen molar-refractivity contribution in [2.45, 2.75) is 31.6 Å². The summed E-state index contributed by atoms with van der Waals surface area (Å²) in [6.45, 7) is 1.74. The molecule has 7 nitrogen and oxygen atoms in total. The van der Waals surface area contributed by atoms with Crippen LogP contribution in [0.15, 0.2) is 30.3 Å². The van der Waals surface area contributed by atoms with Gasteiger partial charge in [0.15, 0.2) is 9.84 Å². The van der Waals surface area contributed by atoms with Crippen LogP contribution in [0, 0.1) is 5.82 Å². The van der Waals surface area contributed by atoms with Crippen LogP contribution in [0.25, 0.3) is 0 Å². The Morgan fingerprint density at radius 1 is 1.05 bits per heavy atom. The van der Waals surface area contributed by atoms with Crippen LogP contribution < -0.4 is 15.5 Å². The highest BCUT2D eigenvalue weighted by Crippen LogP contribution is 2.36. The lowest BCUT2D eigenvalue weighted by atomic mass is 10.1. The second kappa shape index (κ2) is 12.2. The van der Waals surface area contributed by atoms with Crippen molar-refractivity contribution < 1.29 is 30.8 Å². The monoisotopic (exact) mass is 610 g/mol. The van der Waals surface area contributed by atoms with E-state index in [9.17, 15) is 30.8 Å². The number of sulfone groups is 1. The van der Waals surface area contributed by atoms with Gasteiger partial charge in [0.1, 0.15) is 5.82 Å². The van der Waals surface area contributed by atoms with Crippen molar-refractivity contribution >= 4 is 50.3 Å². The lowest BCUT2D eigenvalue weighted by Gasteiger charge is -2.37. The van der Waals surface area contributed by atoms with Gasteiger partial charge in [-0.2, -0.15) is 13.2 Å². The number of hydrogen-bond acceptors (Lipinski definition) is 6. The first-order chi connectivity index (χ1) is 18.3. The molecule has 2 saturated heterocycles. The minimum absolute atomic E-state index is 0.0462. The molecule has 2 aliphatic rings. The van der Waals surface area contributed by atoms with Crippen LogP contribution in [0.4, 0.5) is 28.9 Å². The Kier molecular flexibility index (Phi) is 9.32. The molecule has 4 rings (SSSR count). The number of benzene rings is 2. The molecule has 0 aliphatic carbocycles. The van der Waals surface area contributed by atoms with Crippen molar-refractivity contribution in [2.75, 3.05) is 54.4 Å². The Morgan fingerprint density at radius 2 is 1.74 bits per heavy atom. The molecule has 1 unspecified atom stereocenters. The molecule has 0 radical (unpaired) electrons. The van der Waals surface area contributed by atoms with Gasteiger partial charge in [0.25, 0.3) is 5.91 Å². The minimum Gasteiger partial charge on any atom is -0.367 e. The summed E-state index contributed by atoms with van der Waals surface area (Å²) < 4.78 is 75.8. The number of halogens is 6. The zero-order valence-electron chi connectivity index (χ0n) is 20.8. The molecule has 2 fully saturated rings. The number of hydrogen-bond donors (Lipinski definition) is 2. The highest BCUT2D eigenvalue weighted by Gasteiger charge is 2.30. The van der Waals surface area contributed by atoms with E-state index in [1.54, 1.807) is 17.0 Å². The normalized spacial score (nSPS) is 19.8. The fourth-order valence-electron chi connectivity index (χ4n) is 4.66. The average Bonchev–Trinajstić information content (AvgIpc) is 3.22. The maximum atomic E-state index is 14.9. The van der Waals surface area contributed by atoms with Crippen LogP contribution in [0.3, 0.4) is 0 Å². The number of rotatable bonds is 8. The fraction of sp³-hybridized carbons (Fsp3) is 0.480. The number of piperazine rings is 1. The number of anilines is 2. The van der Waals surface area contributed by atoms with Gasteiger partial charge in [0.05, 0.1) is 44.9 Å². The first-order valence-electron chi connectivity index (χ1n) is 12.4. The van der Waals surface area contributed by atoms with E-state index in [1.165, 1.54) is 18.2 Å². The largest absolute Gasteiger partial charge is 0.390 e. The highest BCUT2D eigenvalue weighted by atomic mass is 35.5. The van der Waals surface area contributed by atoms with Gasteiger partial charge in [0, 0.05) is 45.3 Å². The van der Waals surface area contributed by atoms with Gasteiger partial charge in [-0.3, -0.25) is 9.69 Å². The molecule has 0 saturated carbocycles. The summed E-state index contributed by atoms with van der Waals surface area (Å²) >= 11 is 12.4. The third-order valence-corrected chi connectivity index (χ3v) is 9.31. The van der Waals surface area contributed by atoms with Crippen LogP contribution >= 0.6 is 23.2 Å². The average molecular weight is 611 g/mol. The molecule has 39 heavy (non-hydrogen) atoms. The maximum absolute atomic E-state index is 14.9. The zero-order valence-corrected chi connectivity index (χ0v) is 23.2. The predicted molar refractivity (Wildman–Crippen MR) is 144 cm³/mol. The van der Waals surface area contributed by atoms with Gasteiger partial charge in [-0.15, -0.1) is 0 Å². The Balaban J connectivity index is 1.41. The molecule has 214 valence electrons. The summed E-state index contributed by atoms with van der Waals surface area (Å²) in [5.74, 6) is -1.28. The molecule has 2 heterocycles. The molecule has 2 N–H and O–H groups in total. The van der Waals surface area contributed by atoms with Gasteiger partial charge in [-0.25, -0.2) is 12.8 Å². The number of nitrogens with one attached hydrogen (secondary N) is 2. The highest BCUT2D eigenvalue weighted by molar-refractivity contribution is 7.91. The standard InChI is InChI=1S/C25H28Cl2F4N4O3S/c26-19-12-22(23(13-20(19)27)35-8-6-34(7-9-35)5-4-25(29,30)31)33-24(36)18-2-1-16(11-21(18)28)14-32-17-3-10-39(37,38)15-17/h1-2,11-13,17,32H,3-10,14-15H2,(H,33,36). The summed E-state index contributed by atoms with van der Waals surface area (Å²) in [5.41, 5.74) is 1.19. The van der Waals surface area contributed by atoms with E-state index in [2.05, 4.69) is 10.6 Å². The molecule has 1 atom stereocenters. The number of nitrogens with zero attached hydrogens (tertiary/aromatic N) is 2. The van der Waals surface area contributed by atoms with E-state index in [4.69, 9.17) is 23.2 Å². The van der Waals surface area contributed by atoms with Crippen LogP contribution in [0.2, 0.25) is 10.0 Å². The van der Waals surface area contributed by atoms with Gasteiger partial charge in [0.2, 0.25) is 0 Å². The summed E-state index contributed by atoms with van der Waals surface area (Å²) in [6.07, 6.45) is -4.61. The topological polar surface area (TPSA) is 81.8 Å². The molecule has 2 aromatic carbocycles. The molecule has 0 aromatic heterocycles. The van der Waals surface area contributed by atoms with Gasteiger partial charge in [-0.1, -0.05) is 29.3 Å². The molecule has 14 heteroatoms. The second-order valence-corrected chi connectivity index (χ2v) is 12.8. The van der Waals surface area contributed by atoms with E-state index < -0.39 is 34.2 Å². The van der Waals surface area contributed by atoms with Crippen LogP contribution in [0.5, 0.6) is 0 Å².